The molecule has 0 unspecified atom stereocenters. The van der Waals surface area contributed by atoms with Gasteiger partial charge in [0.05, 0.1) is 11.1 Å². The van der Waals surface area contributed by atoms with Crippen molar-refractivity contribution in [1.82, 2.24) is 0 Å². The number of benzene rings is 2. The molecule has 0 aliphatic rings. The normalized spacial score (nSPS) is 12.5. The zero-order valence-electron chi connectivity index (χ0n) is 11.2. The lowest BCUT2D eigenvalue weighted by Gasteiger charge is -2.16. The van der Waals surface area contributed by atoms with Crippen LogP contribution in [0.3, 0.4) is 0 Å². The molecular weight excluding hydrogens is 381 g/mol. The lowest BCUT2D eigenvalue weighted by Crippen LogP contribution is -2.17. The molecule has 2 aromatic carbocycles. The van der Waals surface area contributed by atoms with Gasteiger partial charge in [-0.3, -0.25) is 0 Å². The number of nitrogens with two attached hydrogens (primary N) is 1. The third-order valence-electron chi connectivity index (χ3n) is 2.86. The first-order chi connectivity index (χ1) is 10.2. The Morgan fingerprint density at radius 2 is 1.48 bits per heavy atom. The molecule has 126 valence electrons. The molecule has 2 N–H and O–H groups in total. The highest BCUT2D eigenvalue weighted by Gasteiger charge is 2.31. The van der Waals surface area contributed by atoms with Gasteiger partial charge in [-0.05, 0) is 29.8 Å². The number of ether oxygens (including phenoxy) is 1. The van der Waals surface area contributed by atoms with E-state index in [1.807, 2.05) is 0 Å². The fraction of sp³-hybridized carbons (Fsp3) is 0.143. The van der Waals surface area contributed by atoms with Gasteiger partial charge in [0.1, 0.15) is 11.6 Å². The molecule has 0 bridgehead atoms. The Balaban J connectivity index is 0.00000264. The van der Waals surface area contributed by atoms with Gasteiger partial charge in [-0.2, -0.15) is 0 Å². The summed E-state index contributed by atoms with van der Waals surface area (Å²) in [6.07, 6.45) is -4.79. The topological polar surface area (TPSA) is 35.2 Å². The Morgan fingerprint density at radius 3 is 2.00 bits per heavy atom. The average Bonchev–Trinajstić information content (AvgIpc) is 2.42. The molecular formula is C14H10Cl3F4NO. The fourth-order valence-electron chi connectivity index (χ4n) is 1.87. The molecule has 2 aromatic rings. The highest BCUT2D eigenvalue weighted by molar-refractivity contribution is 6.33. The molecule has 23 heavy (non-hydrogen) atoms. The summed E-state index contributed by atoms with van der Waals surface area (Å²) in [5, 5.41) is -0.0723. The smallest absolute Gasteiger partial charge is 0.406 e. The summed E-state index contributed by atoms with van der Waals surface area (Å²) in [7, 11) is 0. The minimum absolute atomic E-state index is 0. The van der Waals surface area contributed by atoms with Crippen molar-refractivity contribution in [3.8, 4) is 5.75 Å². The van der Waals surface area contributed by atoms with Gasteiger partial charge in [0.2, 0.25) is 0 Å². The summed E-state index contributed by atoms with van der Waals surface area (Å²) in [5.41, 5.74) is 6.25. The summed E-state index contributed by atoms with van der Waals surface area (Å²) in [6, 6.07) is 6.45. The van der Waals surface area contributed by atoms with E-state index < -0.39 is 24.0 Å². The predicted octanol–water partition coefficient (Wildman–Crippen LogP) is 5.50. The van der Waals surface area contributed by atoms with Gasteiger partial charge in [-0.15, -0.1) is 25.6 Å². The minimum Gasteiger partial charge on any atom is -0.406 e. The molecule has 0 radical (unpaired) electrons. The standard InChI is InChI=1S/C14H9Cl2F4NO.ClH/c15-9-5-6-10(16)12(17)11(9)13(21)7-1-3-8(4-2-7)22-14(18,19)20;/h1-6,13H,21H2;1H/t13-;/m1./s1. The maximum absolute atomic E-state index is 14.0. The molecule has 0 aliphatic heterocycles. The van der Waals surface area contributed by atoms with Crippen LogP contribution in [0.1, 0.15) is 17.2 Å². The van der Waals surface area contributed by atoms with E-state index in [0.717, 1.165) is 12.1 Å². The Kier molecular flexibility index (Phi) is 6.53. The van der Waals surface area contributed by atoms with E-state index in [9.17, 15) is 17.6 Å². The van der Waals surface area contributed by atoms with Crippen molar-refractivity contribution in [1.29, 1.82) is 0 Å². The summed E-state index contributed by atoms with van der Waals surface area (Å²) >= 11 is 11.6. The number of alkyl halides is 3. The van der Waals surface area contributed by atoms with Crippen LogP contribution in [0.15, 0.2) is 36.4 Å². The molecule has 2 nitrogen and oxygen atoms in total. The van der Waals surface area contributed by atoms with Gasteiger partial charge in [0.25, 0.3) is 0 Å². The minimum atomic E-state index is -4.79. The van der Waals surface area contributed by atoms with E-state index in [2.05, 4.69) is 4.74 Å². The highest BCUT2D eigenvalue weighted by atomic mass is 35.5. The first kappa shape index (κ1) is 19.8. The van der Waals surface area contributed by atoms with Crippen molar-refractivity contribution in [3.05, 3.63) is 63.4 Å². The second kappa shape index (κ2) is 7.57. The summed E-state index contributed by atoms with van der Waals surface area (Å²) < 4.78 is 54.0. The quantitative estimate of drug-likeness (QED) is 0.555. The lowest BCUT2D eigenvalue weighted by atomic mass is 9.99. The van der Waals surface area contributed by atoms with E-state index in [4.69, 9.17) is 28.9 Å². The maximum Gasteiger partial charge on any atom is 0.573 e. The largest absolute Gasteiger partial charge is 0.573 e. The summed E-state index contributed by atoms with van der Waals surface area (Å²) in [6.45, 7) is 0. The molecule has 0 aliphatic carbocycles. The van der Waals surface area contributed by atoms with Gasteiger partial charge < -0.3 is 10.5 Å². The van der Waals surface area contributed by atoms with Gasteiger partial charge >= 0.3 is 6.36 Å². The molecule has 9 heteroatoms. The van der Waals surface area contributed by atoms with Crippen LogP contribution >= 0.6 is 35.6 Å². The van der Waals surface area contributed by atoms with Gasteiger partial charge in [-0.25, -0.2) is 4.39 Å². The average molecular weight is 391 g/mol. The van der Waals surface area contributed by atoms with E-state index in [0.29, 0.717) is 5.56 Å². The maximum atomic E-state index is 14.0. The fourth-order valence-corrected chi connectivity index (χ4v) is 2.30. The van der Waals surface area contributed by atoms with Crippen LogP contribution in [0.4, 0.5) is 17.6 Å². The number of hydrogen-bond acceptors (Lipinski definition) is 2. The summed E-state index contributed by atoms with van der Waals surface area (Å²) in [5.74, 6) is -1.17. The van der Waals surface area contributed by atoms with E-state index in [1.165, 1.54) is 24.3 Å². The van der Waals surface area contributed by atoms with Crippen molar-refractivity contribution >= 4 is 35.6 Å². The molecule has 0 spiro atoms. The zero-order valence-corrected chi connectivity index (χ0v) is 13.5. The van der Waals surface area contributed by atoms with Gasteiger partial charge in [0, 0.05) is 10.6 Å². The lowest BCUT2D eigenvalue weighted by molar-refractivity contribution is -0.274. The highest BCUT2D eigenvalue weighted by Crippen LogP contribution is 2.33. The van der Waals surface area contributed by atoms with Crippen LogP contribution in [0.5, 0.6) is 5.75 Å². The van der Waals surface area contributed by atoms with Crippen molar-refractivity contribution in [2.75, 3.05) is 0 Å². The molecule has 1 atom stereocenters. The Hall–Kier alpha value is -1.21. The second-order valence-corrected chi connectivity index (χ2v) is 5.17. The third-order valence-corrected chi connectivity index (χ3v) is 3.48. The van der Waals surface area contributed by atoms with E-state index in [1.54, 1.807) is 0 Å². The van der Waals surface area contributed by atoms with Crippen LogP contribution in [-0.2, 0) is 0 Å². The van der Waals surface area contributed by atoms with Crippen LogP contribution in [0.2, 0.25) is 10.0 Å². The van der Waals surface area contributed by atoms with Crippen LogP contribution in [-0.4, -0.2) is 6.36 Å². The zero-order chi connectivity index (χ0) is 16.5. The van der Waals surface area contributed by atoms with Crippen molar-refractivity contribution in [3.63, 3.8) is 0 Å². The molecule has 0 amide bonds. The first-order valence-electron chi connectivity index (χ1n) is 5.93. The molecule has 0 saturated carbocycles. The van der Waals surface area contributed by atoms with Crippen LogP contribution < -0.4 is 10.5 Å². The van der Waals surface area contributed by atoms with E-state index in [-0.39, 0.29) is 28.0 Å². The third kappa shape index (κ3) is 4.88. The Labute approximate surface area is 145 Å². The number of hydrogen-bond donors (Lipinski definition) is 1. The molecule has 0 saturated heterocycles. The Bertz CT molecular complexity index is 677. The van der Waals surface area contributed by atoms with Crippen LogP contribution in [0.25, 0.3) is 0 Å². The molecule has 0 heterocycles. The van der Waals surface area contributed by atoms with Crippen molar-refractivity contribution in [2.24, 2.45) is 5.73 Å². The summed E-state index contributed by atoms with van der Waals surface area (Å²) in [4.78, 5) is 0. The van der Waals surface area contributed by atoms with Crippen molar-refractivity contribution in [2.45, 2.75) is 12.4 Å². The van der Waals surface area contributed by atoms with E-state index >= 15 is 0 Å². The predicted molar refractivity (Wildman–Crippen MR) is 82.8 cm³/mol. The SMILES string of the molecule is Cl.N[C@H](c1ccc(OC(F)(F)F)cc1)c1c(Cl)ccc(Cl)c1F. The Morgan fingerprint density at radius 1 is 0.957 bits per heavy atom. The number of halogens is 7. The van der Waals surface area contributed by atoms with Gasteiger partial charge in [0.15, 0.2) is 0 Å². The van der Waals surface area contributed by atoms with Crippen molar-refractivity contribution < 1.29 is 22.3 Å². The van der Waals surface area contributed by atoms with Crippen LogP contribution in [0, 0.1) is 5.82 Å². The first-order valence-corrected chi connectivity index (χ1v) is 6.69. The molecule has 0 fully saturated rings. The number of rotatable bonds is 3. The molecule has 0 aromatic heterocycles. The van der Waals surface area contributed by atoms with Gasteiger partial charge in [-0.1, -0.05) is 35.3 Å². The monoisotopic (exact) mass is 389 g/mol. The molecule has 2 rings (SSSR count). The second-order valence-electron chi connectivity index (χ2n) is 4.35.